The van der Waals surface area contributed by atoms with E-state index in [1.54, 1.807) is 29.3 Å². The number of nitrogens with one attached hydrogen (secondary N) is 1. The summed E-state index contributed by atoms with van der Waals surface area (Å²) in [7, 11) is 0. The molecule has 2 aliphatic rings. The standard InChI is InChI=1S/C22H22Cl2FN5O/c23-17-5-4-15(12-18(17)24)21(31)30-10-7-22(25,8-11-30)14-26-13-16-2-1-3-19(28-16)20-6-9-27-29-20/h1-6,9,12,20,26H,7-8,10-11,13-14H2. The number of likely N-dealkylation sites (tertiary alicyclic amines) is 1. The van der Waals surface area contributed by atoms with Crippen LogP contribution in [0.3, 0.4) is 0 Å². The molecule has 0 spiro atoms. The van der Waals surface area contributed by atoms with Crippen molar-refractivity contribution in [1.29, 1.82) is 0 Å². The first-order valence-electron chi connectivity index (χ1n) is 10.1. The maximum absolute atomic E-state index is 15.3. The molecular formula is C22H22Cl2FN5O. The van der Waals surface area contributed by atoms with Gasteiger partial charge in [-0.2, -0.15) is 10.2 Å². The number of carbonyl (C=O) groups excluding carboxylic acids is 1. The molecule has 1 atom stereocenters. The summed E-state index contributed by atoms with van der Waals surface area (Å²) >= 11 is 11.9. The molecule has 9 heteroatoms. The number of aromatic nitrogens is 1. The molecule has 1 saturated heterocycles. The van der Waals surface area contributed by atoms with Crippen molar-refractivity contribution < 1.29 is 9.18 Å². The van der Waals surface area contributed by atoms with Crippen molar-refractivity contribution in [1.82, 2.24) is 15.2 Å². The zero-order valence-electron chi connectivity index (χ0n) is 16.8. The van der Waals surface area contributed by atoms with Crippen molar-refractivity contribution in [2.24, 2.45) is 10.2 Å². The van der Waals surface area contributed by atoms with E-state index in [9.17, 15) is 4.79 Å². The summed E-state index contributed by atoms with van der Waals surface area (Å²) in [5.41, 5.74) is 0.736. The van der Waals surface area contributed by atoms with Crippen LogP contribution in [0.15, 0.2) is 58.9 Å². The molecule has 0 saturated carbocycles. The van der Waals surface area contributed by atoms with Crippen LogP contribution in [0, 0.1) is 0 Å². The Labute approximate surface area is 190 Å². The van der Waals surface area contributed by atoms with E-state index >= 15 is 4.39 Å². The Balaban J connectivity index is 1.27. The minimum Gasteiger partial charge on any atom is -0.338 e. The lowest BCUT2D eigenvalue weighted by Crippen LogP contribution is -2.48. The van der Waals surface area contributed by atoms with E-state index in [1.165, 1.54) is 0 Å². The van der Waals surface area contributed by atoms with E-state index in [1.807, 2.05) is 24.3 Å². The molecule has 1 N–H and O–H groups in total. The molecule has 1 fully saturated rings. The average Bonchev–Trinajstić information content (AvgIpc) is 3.31. The third-order valence-corrected chi connectivity index (χ3v) is 6.26. The van der Waals surface area contributed by atoms with Gasteiger partial charge in [-0.1, -0.05) is 29.3 Å². The van der Waals surface area contributed by atoms with Crippen LogP contribution in [0.1, 0.15) is 40.6 Å². The zero-order valence-corrected chi connectivity index (χ0v) is 18.3. The maximum Gasteiger partial charge on any atom is 0.253 e. The summed E-state index contributed by atoms with van der Waals surface area (Å²) in [5.74, 6) is -0.160. The van der Waals surface area contributed by atoms with Gasteiger partial charge in [-0.3, -0.25) is 9.78 Å². The first kappa shape index (κ1) is 21.9. The van der Waals surface area contributed by atoms with Gasteiger partial charge in [0.1, 0.15) is 11.7 Å². The van der Waals surface area contributed by atoms with E-state index in [4.69, 9.17) is 23.2 Å². The summed E-state index contributed by atoms with van der Waals surface area (Å²) in [4.78, 5) is 18.9. The number of amides is 1. The number of alkyl halides is 1. The van der Waals surface area contributed by atoms with Gasteiger partial charge in [0.15, 0.2) is 0 Å². The second kappa shape index (κ2) is 9.42. The number of hydrogen-bond donors (Lipinski definition) is 1. The Hall–Kier alpha value is -2.35. The Kier molecular flexibility index (Phi) is 6.65. The van der Waals surface area contributed by atoms with Gasteiger partial charge in [0.25, 0.3) is 5.91 Å². The predicted molar refractivity (Wildman–Crippen MR) is 118 cm³/mol. The summed E-state index contributed by atoms with van der Waals surface area (Å²) in [6.45, 7) is 1.36. The summed E-state index contributed by atoms with van der Waals surface area (Å²) in [6, 6.07) is 10.4. The number of rotatable bonds is 6. The topological polar surface area (TPSA) is 70.0 Å². The number of nitrogens with zero attached hydrogens (tertiary/aromatic N) is 4. The van der Waals surface area contributed by atoms with Crippen molar-refractivity contribution in [3.8, 4) is 0 Å². The van der Waals surface area contributed by atoms with Crippen LogP contribution in [-0.2, 0) is 6.54 Å². The highest BCUT2D eigenvalue weighted by Crippen LogP contribution is 2.28. The molecule has 162 valence electrons. The highest BCUT2D eigenvalue weighted by atomic mass is 35.5. The molecule has 3 heterocycles. The molecule has 1 aromatic carbocycles. The van der Waals surface area contributed by atoms with E-state index in [-0.39, 0.29) is 31.3 Å². The van der Waals surface area contributed by atoms with Crippen molar-refractivity contribution in [3.05, 3.63) is 75.7 Å². The molecule has 6 nitrogen and oxygen atoms in total. The number of pyridine rings is 1. The van der Waals surface area contributed by atoms with E-state index < -0.39 is 5.67 Å². The van der Waals surface area contributed by atoms with Crippen LogP contribution >= 0.6 is 23.2 Å². The largest absolute Gasteiger partial charge is 0.338 e. The van der Waals surface area contributed by atoms with E-state index in [2.05, 4.69) is 20.5 Å². The van der Waals surface area contributed by atoms with Crippen LogP contribution in [0.4, 0.5) is 4.39 Å². The Morgan fingerprint density at radius 1 is 1.19 bits per heavy atom. The predicted octanol–water partition coefficient (Wildman–Crippen LogP) is 5.14. The monoisotopic (exact) mass is 461 g/mol. The number of benzene rings is 1. The molecule has 2 aliphatic heterocycles. The van der Waals surface area contributed by atoms with Gasteiger partial charge in [0.05, 0.1) is 21.4 Å². The number of carbonyl (C=O) groups is 1. The molecule has 0 bridgehead atoms. The zero-order chi connectivity index (χ0) is 21.8. The van der Waals surface area contributed by atoms with Crippen LogP contribution in [-0.4, -0.2) is 41.1 Å². The molecule has 1 aromatic heterocycles. The molecule has 2 aromatic rings. The fraction of sp³-hybridized carbons (Fsp3) is 0.364. The minimum atomic E-state index is -1.37. The molecule has 4 rings (SSSR count). The summed E-state index contributed by atoms with van der Waals surface area (Å²) < 4.78 is 15.3. The van der Waals surface area contributed by atoms with Gasteiger partial charge in [0.2, 0.25) is 0 Å². The maximum atomic E-state index is 15.3. The number of azo groups is 1. The second-order valence-corrected chi connectivity index (χ2v) is 8.56. The molecule has 0 radical (unpaired) electrons. The lowest BCUT2D eigenvalue weighted by atomic mass is 9.92. The Morgan fingerprint density at radius 3 is 2.71 bits per heavy atom. The average molecular weight is 462 g/mol. The SMILES string of the molecule is O=C(c1ccc(Cl)c(Cl)c1)N1CCC(F)(CNCc2cccc(C3C=CN=N3)n2)CC1. The molecule has 31 heavy (non-hydrogen) atoms. The normalized spacial score (nSPS) is 19.7. The third kappa shape index (κ3) is 5.29. The van der Waals surface area contributed by atoms with Gasteiger partial charge >= 0.3 is 0 Å². The fourth-order valence-corrected chi connectivity index (χ4v) is 4.00. The van der Waals surface area contributed by atoms with Gasteiger partial charge < -0.3 is 10.2 Å². The molecule has 1 amide bonds. The Morgan fingerprint density at radius 2 is 2.00 bits per heavy atom. The lowest BCUT2D eigenvalue weighted by Gasteiger charge is -2.36. The number of piperidine rings is 1. The van der Waals surface area contributed by atoms with Crippen molar-refractivity contribution >= 4 is 29.1 Å². The molecule has 0 aliphatic carbocycles. The molecule has 1 unspecified atom stereocenters. The first-order chi connectivity index (χ1) is 14.9. The Bertz CT molecular complexity index is 1010. The summed E-state index contributed by atoms with van der Waals surface area (Å²) in [5, 5.41) is 11.8. The smallest absolute Gasteiger partial charge is 0.253 e. The number of halogens is 3. The minimum absolute atomic E-state index is 0.148. The second-order valence-electron chi connectivity index (χ2n) is 7.75. The first-order valence-corrected chi connectivity index (χ1v) is 10.9. The molecular weight excluding hydrogens is 440 g/mol. The van der Waals surface area contributed by atoms with Crippen LogP contribution in [0.2, 0.25) is 10.0 Å². The highest BCUT2D eigenvalue weighted by molar-refractivity contribution is 6.42. The lowest BCUT2D eigenvalue weighted by molar-refractivity contribution is 0.0434. The summed E-state index contributed by atoms with van der Waals surface area (Å²) in [6.07, 6.45) is 4.08. The van der Waals surface area contributed by atoms with Crippen LogP contribution < -0.4 is 5.32 Å². The van der Waals surface area contributed by atoms with Gasteiger partial charge in [0, 0.05) is 50.8 Å². The van der Waals surface area contributed by atoms with Crippen LogP contribution in [0.5, 0.6) is 0 Å². The van der Waals surface area contributed by atoms with E-state index in [0.717, 1.165) is 11.4 Å². The van der Waals surface area contributed by atoms with Crippen molar-refractivity contribution in [2.45, 2.75) is 31.1 Å². The highest BCUT2D eigenvalue weighted by Gasteiger charge is 2.36. The third-order valence-electron chi connectivity index (χ3n) is 5.52. The van der Waals surface area contributed by atoms with Gasteiger partial charge in [-0.05, 0) is 36.4 Å². The van der Waals surface area contributed by atoms with Crippen LogP contribution in [0.25, 0.3) is 0 Å². The quantitative estimate of drug-likeness (QED) is 0.646. The fourth-order valence-electron chi connectivity index (χ4n) is 3.70. The number of hydrogen-bond acceptors (Lipinski definition) is 5. The van der Waals surface area contributed by atoms with Gasteiger partial charge in [-0.15, -0.1) is 0 Å². The van der Waals surface area contributed by atoms with Crippen molar-refractivity contribution in [2.75, 3.05) is 19.6 Å². The van der Waals surface area contributed by atoms with Crippen molar-refractivity contribution in [3.63, 3.8) is 0 Å². The van der Waals surface area contributed by atoms with Gasteiger partial charge in [-0.25, -0.2) is 4.39 Å². The van der Waals surface area contributed by atoms with E-state index in [0.29, 0.717) is 35.2 Å².